The predicted octanol–water partition coefficient (Wildman–Crippen LogP) is 0.564. The van der Waals surface area contributed by atoms with Crippen molar-refractivity contribution in [2.24, 2.45) is 5.73 Å². The van der Waals surface area contributed by atoms with Gasteiger partial charge in [-0.1, -0.05) is 0 Å². The Bertz CT molecular complexity index is 919. The number of anilines is 1. The van der Waals surface area contributed by atoms with E-state index in [1.807, 2.05) is 12.3 Å². The lowest BCUT2D eigenvalue weighted by molar-refractivity contribution is 0.0751. The summed E-state index contributed by atoms with van der Waals surface area (Å²) >= 11 is 0. The van der Waals surface area contributed by atoms with Crippen molar-refractivity contribution in [1.29, 1.82) is 0 Å². The van der Waals surface area contributed by atoms with E-state index < -0.39 is 5.82 Å². The van der Waals surface area contributed by atoms with Crippen LogP contribution in [-0.4, -0.2) is 47.3 Å². The summed E-state index contributed by atoms with van der Waals surface area (Å²) in [6.45, 7) is 3.68. The zero-order valence-electron chi connectivity index (χ0n) is 15.4. The van der Waals surface area contributed by atoms with Gasteiger partial charge >= 0.3 is 0 Å². The molecular weight excluding hydrogens is 363 g/mol. The second-order valence-electron chi connectivity index (χ2n) is 7.53. The van der Waals surface area contributed by atoms with Gasteiger partial charge in [-0.15, -0.1) is 0 Å². The Balaban J connectivity index is 1.59. The van der Waals surface area contributed by atoms with Crippen LogP contribution in [0.5, 0.6) is 0 Å². The van der Waals surface area contributed by atoms with Crippen molar-refractivity contribution in [3.05, 3.63) is 34.9 Å². The molecule has 0 bridgehead atoms. The Labute approximate surface area is 161 Å². The van der Waals surface area contributed by atoms with E-state index >= 15 is 4.39 Å². The maximum Gasteiger partial charge on any atom is 0.254 e. The lowest BCUT2D eigenvalue weighted by Crippen LogP contribution is -2.48. The number of hydrogen-bond acceptors (Lipinski definition) is 6. The number of nitrogens with two attached hydrogens (primary N) is 1. The van der Waals surface area contributed by atoms with E-state index in [4.69, 9.17) is 10.5 Å². The standard InChI is InChI=1S/C19H23FN6O2/c20-16-12-7-23-19(27)15(12)17(10-5-11-6-22-2-3-26(11)8-10)25-18(16)24-14-1-4-28-9-13(14)21/h5,8,13-14,22H,1-4,6-7,9,21H2,(H,23,27)(H,24,25)/t13-,14+/m0/s1. The van der Waals surface area contributed by atoms with Crippen LogP contribution in [0.15, 0.2) is 12.3 Å². The molecule has 2 aromatic rings. The summed E-state index contributed by atoms with van der Waals surface area (Å²) in [5.41, 5.74) is 9.26. The van der Waals surface area contributed by atoms with Crippen LogP contribution in [0.25, 0.3) is 11.3 Å². The van der Waals surface area contributed by atoms with E-state index in [2.05, 4.69) is 25.5 Å². The molecule has 0 aliphatic carbocycles. The number of fused-ring (bicyclic) bond motifs is 2. The van der Waals surface area contributed by atoms with Gasteiger partial charge in [-0.25, -0.2) is 9.37 Å². The number of carbonyl (C=O) groups is 1. The van der Waals surface area contributed by atoms with Gasteiger partial charge in [0.15, 0.2) is 11.6 Å². The summed E-state index contributed by atoms with van der Waals surface area (Å²) < 4.78 is 22.7. The number of rotatable bonds is 3. The molecular formula is C19H23FN6O2. The molecule has 8 nitrogen and oxygen atoms in total. The van der Waals surface area contributed by atoms with Crippen LogP contribution in [-0.2, 0) is 24.4 Å². The molecule has 28 heavy (non-hydrogen) atoms. The third-order valence-corrected chi connectivity index (χ3v) is 5.71. The van der Waals surface area contributed by atoms with E-state index in [9.17, 15) is 4.79 Å². The Morgan fingerprint density at radius 2 is 2.29 bits per heavy atom. The molecule has 0 radical (unpaired) electrons. The largest absolute Gasteiger partial charge is 0.380 e. The molecule has 3 aliphatic heterocycles. The second kappa shape index (κ2) is 6.84. The topological polar surface area (TPSA) is 106 Å². The molecule has 5 heterocycles. The average Bonchev–Trinajstić information content (AvgIpc) is 3.30. The van der Waals surface area contributed by atoms with Crippen molar-refractivity contribution in [2.45, 2.75) is 38.1 Å². The van der Waals surface area contributed by atoms with Crippen LogP contribution >= 0.6 is 0 Å². The number of amides is 1. The number of halogens is 1. The maximum atomic E-state index is 15.1. The van der Waals surface area contributed by atoms with Crippen LogP contribution in [0.3, 0.4) is 0 Å². The number of carbonyl (C=O) groups excluding carboxylic acids is 1. The van der Waals surface area contributed by atoms with Crippen molar-refractivity contribution >= 4 is 11.7 Å². The first-order valence-corrected chi connectivity index (χ1v) is 9.62. The van der Waals surface area contributed by atoms with Crippen molar-refractivity contribution in [1.82, 2.24) is 20.2 Å². The van der Waals surface area contributed by atoms with E-state index in [1.54, 1.807) is 0 Å². The number of pyridine rings is 1. The van der Waals surface area contributed by atoms with Gasteiger partial charge in [-0.3, -0.25) is 4.79 Å². The zero-order valence-corrected chi connectivity index (χ0v) is 15.4. The smallest absolute Gasteiger partial charge is 0.254 e. The summed E-state index contributed by atoms with van der Waals surface area (Å²) in [4.78, 5) is 17.0. The highest BCUT2D eigenvalue weighted by molar-refractivity contribution is 6.04. The quantitative estimate of drug-likeness (QED) is 0.614. The predicted molar refractivity (Wildman–Crippen MR) is 101 cm³/mol. The Morgan fingerprint density at radius 1 is 1.39 bits per heavy atom. The Morgan fingerprint density at radius 3 is 3.11 bits per heavy atom. The Kier molecular flexibility index (Phi) is 4.30. The molecule has 1 amide bonds. The van der Waals surface area contributed by atoms with Crippen LogP contribution in [0.4, 0.5) is 10.2 Å². The van der Waals surface area contributed by atoms with Crippen LogP contribution in [0, 0.1) is 5.82 Å². The molecule has 9 heteroatoms. The molecule has 148 valence electrons. The highest BCUT2D eigenvalue weighted by Crippen LogP contribution is 2.34. The van der Waals surface area contributed by atoms with Crippen LogP contribution < -0.4 is 21.7 Å². The van der Waals surface area contributed by atoms with Gasteiger partial charge in [0.2, 0.25) is 0 Å². The molecule has 2 atom stereocenters. The van der Waals surface area contributed by atoms with Gasteiger partial charge in [-0.05, 0) is 12.5 Å². The lowest BCUT2D eigenvalue weighted by Gasteiger charge is -2.30. The monoisotopic (exact) mass is 386 g/mol. The van der Waals surface area contributed by atoms with Crippen molar-refractivity contribution in [3.63, 3.8) is 0 Å². The van der Waals surface area contributed by atoms with Gasteiger partial charge in [0.05, 0.1) is 17.9 Å². The summed E-state index contributed by atoms with van der Waals surface area (Å²) in [7, 11) is 0. The average molecular weight is 386 g/mol. The molecule has 2 aromatic heterocycles. The molecule has 1 fully saturated rings. The van der Waals surface area contributed by atoms with E-state index in [0.717, 1.165) is 30.9 Å². The number of nitrogens with zero attached hydrogens (tertiary/aromatic N) is 2. The molecule has 3 aliphatic rings. The van der Waals surface area contributed by atoms with E-state index in [-0.39, 0.29) is 30.4 Å². The third kappa shape index (κ3) is 2.86. The number of hydrogen-bond donors (Lipinski definition) is 4. The first-order chi connectivity index (χ1) is 13.6. The zero-order chi connectivity index (χ0) is 19.3. The first kappa shape index (κ1) is 17.6. The maximum absolute atomic E-state index is 15.1. The third-order valence-electron chi connectivity index (χ3n) is 5.71. The number of nitrogens with one attached hydrogen (secondary N) is 3. The minimum Gasteiger partial charge on any atom is -0.380 e. The summed E-state index contributed by atoms with van der Waals surface area (Å²) in [5, 5.41) is 9.22. The first-order valence-electron chi connectivity index (χ1n) is 9.62. The van der Waals surface area contributed by atoms with Crippen LogP contribution in [0.1, 0.15) is 28.0 Å². The SMILES string of the molecule is N[C@H]1COCC[C@H]1Nc1nc(-c2cc3n(c2)CCNC3)c2c(c1F)CNC2=O. The molecule has 0 saturated carbocycles. The van der Waals surface area contributed by atoms with Gasteiger partial charge in [0.25, 0.3) is 5.91 Å². The van der Waals surface area contributed by atoms with Crippen molar-refractivity contribution in [3.8, 4) is 11.3 Å². The number of ether oxygens (including phenoxy) is 1. The molecule has 0 spiro atoms. The fourth-order valence-corrected chi connectivity index (χ4v) is 4.16. The summed E-state index contributed by atoms with van der Waals surface area (Å²) in [6.07, 6.45) is 2.67. The highest BCUT2D eigenvalue weighted by atomic mass is 19.1. The fourth-order valence-electron chi connectivity index (χ4n) is 4.16. The van der Waals surface area contributed by atoms with E-state index in [1.165, 1.54) is 0 Å². The molecule has 0 unspecified atom stereocenters. The minimum absolute atomic E-state index is 0.127. The molecule has 1 saturated heterocycles. The van der Waals surface area contributed by atoms with Gasteiger partial charge in [-0.2, -0.15) is 0 Å². The Hall–Kier alpha value is -2.49. The normalized spacial score (nSPS) is 23.9. The van der Waals surface area contributed by atoms with E-state index in [0.29, 0.717) is 36.5 Å². The van der Waals surface area contributed by atoms with Gasteiger partial charge in [0.1, 0.15) is 0 Å². The number of aromatic nitrogens is 2. The lowest BCUT2D eigenvalue weighted by atomic mass is 10.0. The van der Waals surface area contributed by atoms with Crippen LogP contribution in [0.2, 0.25) is 0 Å². The highest BCUT2D eigenvalue weighted by Gasteiger charge is 2.32. The summed E-state index contributed by atoms with van der Waals surface area (Å²) in [5.74, 6) is -0.621. The van der Waals surface area contributed by atoms with Gasteiger partial charge < -0.3 is 31.0 Å². The van der Waals surface area contributed by atoms with Crippen molar-refractivity contribution < 1.29 is 13.9 Å². The molecule has 5 N–H and O–H groups in total. The fraction of sp³-hybridized carbons (Fsp3) is 0.474. The molecule has 5 rings (SSSR count). The summed E-state index contributed by atoms with van der Waals surface area (Å²) in [6, 6.07) is 1.65. The minimum atomic E-state index is -0.485. The van der Waals surface area contributed by atoms with Gasteiger partial charge in [0, 0.05) is 67.9 Å². The second-order valence-corrected chi connectivity index (χ2v) is 7.53. The van der Waals surface area contributed by atoms with Crippen molar-refractivity contribution in [2.75, 3.05) is 25.1 Å². The molecule has 0 aromatic carbocycles.